The lowest BCUT2D eigenvalue weighted by atomic mass is 10.1. The van der Waals surface area contributed by atoms with Crippen LogP contribution in [0.15, 0.2) is 92.3 Å². The van der Waals surface area contributed by atoms with E-state index in [1.807, 2.05) is 71.6 Å². The summed E-state index contributed by atoms with van der Waals surface area (Å²) in [5, 5.41) is 0. The number of carbonyl (C=O) groups excluding carboxylic acids is 1. The van der Waals surface area contributed by atoms with Gasteiger partial charge in [0.25, 0.3) is 5.69 Å². The number of rotatable bonds is 6. The Hall–Kier alpha value is -1.93. The van der Waals surface area contributed by atoms with Gasteiger partial charge in [0.2, 0.25) is 5.78 Å². The lowest BCUT2D eigenvalue weighted by Gasteiger charge is -2.02. The number of ketones is 1. The third-order valence-electron chi connectivity index (χ3n) is 4.46. The minimum absolute atomic E-state index is 0.0572. The fraction of sp³-hybridized carbons (Fsp3) is 0.0435. The summed E-state index contributed by atoms with van der Waals surface area (Å²) in [5.74, 6) is 0.734. The first-order valence-corrected chi connectivity index (χ1v) is 12.5. The van der Waals surface area contributed by atoms with Gasteiger partial charge in [-0.05, 0) is 42.0 Å². The fourth-order valence-electron chi connectivity index (χ4n) is 2.93. The van der Waals surface area contributed by atoms with Gasteiger partial charge in [0, 0.05) is 32.4 Å². The minimum atomic E-state index is -0.0572. The van der Waals surface area contributed by atoms with E-state index < -0.39 is 0 Å². The Morgan fingerprint density at radius 3 is 2.17 bits per heavy atom. The molecule has 150 valence electrons. The van der Waals surface area contributed by atoms with Gasteiger partial charge in [0.15, 0.2) is 12.4 Å². The Balaban J connectivity index is 1.72. The molecule has 2 aromatic carbocycles. The molecule has 0 aliphatic heterocycles. The Morgan fingerprint density at radius 2 is 1.53 bits per heavy atom. The summed E-state index contributed by atoms with van der Waals surface area (Å²) in [6, 6.07) is 21.5. The number of hydrogen-bond donors (Lipinski definition) is 1. The zero-order chi connectivity index (χ0) is 21.1. The van der Waals surface area contributed by atoms with Crippen molar-refractivity contribution in [1.29, 1.82) is 0 Å². The van der Waals surface area contributed by atoms with Crippen LogP contribution in [0.3, 0.4) is 0 Å². The molecule has 0 spiro atoms. The normalized spacial score (nSPS) is 10.9. The van der Waals surface area contributed by atoms with Crippen LogP contribution in [-0.4, -0.2) is 5.78 Å². The number of aromatic nitrogens is 1. The highest BCUT2D eigenvalue weighted by Crippen LogP contribution is 2.41. The number of thioether (sulfide) groups is 1. The summed E-state index contributed by atoms with van der Waals surface area (Å²) in [6.45, 7) is 0. The molecule has 2 heterocycles. The third kappa shape index (κ3) is 4.70. The number of hydrogen-bond acceptors (Lipinski definition) is 4. The predicted octanol–water partition coefficient (Wildman–Crippen LogP) is 6.66. The van der Waals surface area contributed by atoms with E-state index in [0.29, 0.717) is 16.1 Å². The fourth-order valence-corrected chi connectivity index (χ4v) is 5.88. The minimum Gasteiger partial charge on any atom is -0.392 e. The van der Waals surface area contributed by atoms with Gasteiger partial charge in [-0.3, -0.25) is 4.79 Å². The lowest BCUT2D eigenvalue weighted by molar-refractivity contribution is -0.596. The first kappa shape index (κ1) is 21.3. The topological polar surface area (TPSA) is 47.0 Å². The van der Waals surface area contributed by atoms with Crippen molar-refractivity contribution in [2.45, 2.75) is 9.96 Å². The van der Waals surface area contributed by atoms with Crippen molar-refractivity contribution in [2.75, 3.05) is 5.73 Å². The van der Waals surface area contributed by atoms with E-state index in [-0.39, 0.29) is 5.78 Å². The van der Waals surface area contributed by atoms with Crippen LogP contribution in [-0.2, 0) is 5.75 Å². The van der Waals surface area contributed by atoms with Gasteiger partial charge in [-0.15, -0.1) is 23.1 Å². The Kier molecular flexibility index (Phi) is 6.73. The molecule has 2 aromatic heterocycles. The number of nitrogens with zero attached hydrogens (tertiary/aromatic N) is 1. The highest BCUT2D eigenvalue weighted by Gasteiger charge is 2.28. The standard InChI is InChI=1S/C23H16Br2N2OS2/c24-17-8-4-15(5-9-17)14-29-23-20(27-12-2-1-3-13-27)19(26)22(30-23)21(28)16-6-10-18(25)11-7-16/h1-13H,14H2,(H-,26,28)/p+1. The van der Waals surface area contributed by atoms with Crippen LogP contribution >= 0.6 is 55.0 Å². The van der Waals surface area contributed by atoms with Crippen LogP contribution in [0.2, 0.25) is 0 Å². The SMILES string of the molecule is Nc1c(C(=O)c2ccc(Br)cc2)sc(SCc2ccc(Br)cc2)c1-[n+]1ccccc1. The van der Waals surface area contributed by atoms with E-state index in [4.69, 9.17) is 5.73 Å². The molecule has 0 radical (unpaired) electrons. The Labute approximate surface area is 200 Å². The first-order valence-electron chi connectivity index (χ1n) is 9.09. The molecular formula is C23H17Br2N2OS2+. The molecule has 0 saturated carbocycles. The number of benzene rings is 2. The molecule has 0 aliphatic rings. The number of halogens is 2. The third-order valence-corrected chi connectivity index (χ3v) is 8.04. The monoisotopic (exact) mass is 559 g/mol. The number of thiophene rings is 1. The first-order chi connectivity index (χ1) is 14.5. The second-order valence-electron chi connectivity index (χ2n) is 6.51. The number of anilines is 1. The van der Waals surface area contributed by atoms with E-state index in [1.165, 1.54) is 16.9 Å². The van der Waals surface area contributed by atoms with Gasteiger partial charge < -0.3 is 5.73 Å². The summed E-state index contributed by atoms with van der Waals surface area (Å²) in [5.41, 5.74) is 9.75. The van der Waals surface area contributed by atoms with Crippen LogP contribution in [0, 0.1) is 0 Å². The van der Waals surface area contributed by atoms with Crippen molar-refractivity contribution >= 4 is 66.4 Å². The molecular weight excluding hydrogens is 544 g/mol. The van der Waals surface area contributed by atoms with E-state index in [2.05, 4.69) is 44.0 Å². The van der Waals surface area contributed by atoms with Gasteiger partial charge in [-0.25, -0.2) is 0 Å². The number of nitrogen functional groups attached to an aromatic ring is 1. The lowest BCUT2D eigenvalue weighted by Crippen LogP contribution is -2.30. The van der Waals surface area contributed by atoms with E-state index >= 15 is 0 Å². The van der Waals surface area contributed by atoms with Crippen molar-refractivity contribution in [3.63, 3.8) is 0 Å². The molecule has 30 heavy (non-hydrogen) atoms. The second-order valence-corrected chi connectivity index (χ2v) is 10.6. The summed E-state index contributed by atoms with van der Waals surface area (Å²) in [4.78, 5) is 13.7. The molecule has 0 atom stereocenters. The molecule has 3 nitrogen and oxygen atoms in total. The van der Waals surface area contributed by atoms with Gasteiger partial charge in [0.1, 0.15) is 14.8 Å². The maximum Gasteiger partial charge on any atom is 0.259 e. The summed E-state index contributed by atoms with van der Waals surface area (Å²) in [7, 11) is 0. The highest BCUT2D eigenvalue weighted by molar-refractivity contribution is 9.10. The van der Waals surface area contributed by atoms with Crippen LogP contribution in [0.5, 0.6) is 0 Å². The number of pyridine rings is 1. The molecule has 0 amide bonds. The molecule has 7 heteroatoms. The molecule has 0 fully saturated rings. The average molecular weight is 561 g/mol. The summed E-state index contributed by atoms with van der Waals surface area (Å²) in [6.07, 6.45) is 3.91. The van der Waals surface area contributed by atoms with Crippen LogP contribution in [0.25, 0.3) is 5.69 Å². The van der Waals surface area contributed by atoms with Crippen molar-refractivity contribution < 1.29 is 9.36 Å². The van der Waals surface area contributed by atoms with E-state index in [0.717, 1.165) is 24.6 Å². The number of carbonyl (C=O) groups is 1. The van der Waals surface area contributed by atoms with Crippen LogP contribution < -0.4 is 10.3 Å². The average Bonchev–Trinajstić information content (AvgIpc) is 3.10. The molecule has 0 saturated heterocycles. The molecule has 4 aromatic rings. The zero-order valence-electron chi connectivity index (χ0n) is 15.7. The molecule has 0 unspecified atom stereocenters. The zero-order valence-corrected chi connectivity index (χ0v) is 20.5. The summed E-state index contributed by atoms with van der Waals surface area (Å²) >= 11 is 10.0. The summed E-state index contributed by atoms with van der Waals surface area (Å²) < 4.78 is 4.99. The predicted molar refractivity (Wildman–Crippen MR) is 132 cm³/mol. The molecule has 0 aliphatic carbocycles. The van der Waals surface area contributed by atoms with Gasteiger partial charge >= 0.3 is 0 Å². The largest absolute Gasteiger partial charge is 0.392 e. The van der Waals surface area contributed by atoms with E-state index in [9.17, 15) is 4.79 Å². The smallest absolute Gasteiger partial charge is 0.259 e. The quantitative estimate of drug-likeness (QED) is 0.163. The maximum atomic E-state index is 13.2. The highest BCUT2D eigenvalue weighted by atomic mass is 79.9. The van der Waals surface area contributed by atoms with Gasteiger partial charge in [0.05, 0.1) is 0 Å². The van der Waals surface area contributed by atoms with Crippen molar-refractivity contribution in [1.82, 2.24) is 0 Å². The maximum absolute atomic E-state index is 13.2. The second kappa shape index (κ2) is 9.47. The van der Waals surface area contributed by atoms with Crippen LogP contribution in [0.1, 0.15) is 20.8 Å². The van der Waals surface area contributed by atoms with E-state index in [1.54, 1.807) is 11.8 Å². The Bertz CT molecular complexity index is 1170. The Morgan fingerprint density at radius 1 is 0.933 bits per heavy atom. The van der Waals surface area contributed by atoms with Crippen molar-refractivity contribution in [3.8, 4) is 5.69 Å². The number of nitrogens with two attached hydrogens (primary N) is 1. The van der Waals surface area contributed by atoms with Crippen molar-refractivity contribution in [2.24, 2.45) is 0 Å². The van der Waals surface area contributed by atoms with Gasteiger partial charge in [-0.2, -0.15) is 4.57 Å². The van der Waals surface area contributed by atoms with Crippen molar-refractivity contribution in [3.05, 3.63) is 104 Å². The molecule has 0 bridgehead atoms. The molecule has 2 N–H and O–H groups in total. The van der Waals surface area contributed by atoms with Crippen LogP contribution in [0.4, 0.5) is 5.69 Å². The van der Waals surface area contributed by atoms with Gasteiger partial charge in [-0.1, -0.05) is 50.1 Å². The molecule has 4 rings (SSSR count).